The van der Waals surface area contributed by atoms with Gasteiger partial charge in [-0.1, -0.05) is 0 Å². The van der Waals surface area contributed by atoms with Crippen LogP contribution in [0.25, 0.3) is 22.2 Å². The molecule has 0 amide bonds. The number of aromatic nitrogens is 2. The number of carboxylic acids is 1. The second kappa shape index (κ2) is 3.91. The minimum absolute atomic E-state index is 0.158. The van der Waals surface area contributed by atoms with Crippen molar-refractivity contribution in [1.29, 1.82) is 0 Å². The predicted octanol–water partition coefficient (Wildman–Crippen LogP) is 2.58. The molecule has 0 spiro atoms. The zero-order chi connectivity index (χ0) is 13.6. The number of fused-ring (bicyclic) bond motifs is 1. The summed E-state index contributed by atoms with van der Waals surface area (Å²) in [6, 6.07) is 8.40. The Bertz CT molecular complexity index is 783. The highest BCUT2D eigenvalue weighted by atomic mass is 16.4. The van der Waals surface area contributed by atoms with Gasteiger partial charge in [-0.2, -0.15) is 0 Å². The molecule has 0 aliphatic rings. The van der Waals surface area contributed by atoms with Crippen molar-refractivity contribution in [3.63, 3.8) is 0 Å². The van der Waals surface area contributed by atoms with Crippen molar-refractivity contribution in [3.8, 4) is 17.0 Å². The van der Waals surface area contributed by atoms with Gasteiger partial charge in [0.25, 0.3) is 0 Å². The van der Waals surface area contributed by atoms with Gasteiger partial charge in [0.2, 0.25) is 0 Å². The molecule has 3 rings (SSSR count). The Morgan fingerprint density at radius 2 is 2.05 bits per heavy atom. The van der Waals surface area contributed by atoms with E-state index >= 15 is 0 Å². The van der Waals surface area contributed by atoms with Gasteiger partial charge < -0.3 is 19.8 Å². The molecule has 0 aliphatic carbocycles. The Morgan fingerprint density at radius 3 is 2.74 bits per heavy atom. The van der Waals surface area contributed by atoms with Crippen LogP contribution in [0.5, 0.6) is 5.75 Å². The number of carbonyl (C=O) groups is 1. The van der Waals surface area contributed by atoms with Gasteiger partial charge in [0.1, 0.15) is 11.4 Å². The summed E-state index contributed by atoms with van der Waals surface area (Å²) in [5, 5.41) is 19.4. The smallest absolute Gasteiger partial charge is 0.352 e. The number of rotatable bonds is 2. The minimum Gasteiger partial charge on any atom is -0.508 e. The van der Waals surface area contributed by atoms with Gasteiger partial charge in [0.05, 0.1) is 5.52 Å². The van der Waals surface area contributed by atoms with Crippen molar-refractivity contribution in [2.24, 2.45) is 7.05 Å². The fraction of sp³-hybridized carbons (Fsp3) is 0.0714. The molecule has 2 heterocycles. The van der Waals surface area contributed by atoms with Crippen LogP contribution in [0.3, 0.4) is 0 Å². The van der Waals surface area contributed by atoms with Crippen LogP contribution < -0.4 is 0 Å². The molecule has 0 saturated carbocycles. The Kier molecular flexibility index (Phi) is 2.35. The Labute approximate surface area is 108 Å². The molecule has 0 unspecified atom stereocenters. The number of aromatic hydroxyl groups is 1. The number of hydrogen-bond donors (Lipinski definition) is 3. The number of phenolic OH excluding ortho intramolecular Hbond substituents is 1. The normalized spacial score (nSPS) is 11.0. The van der Waals surface area contributed by atoms with Crippen LogP contribution in [0.4, 0.5) is 0 Å². The molecule has 19 heavy (non-hydrogen) atoms. The first-order chi connectivity index (χ1) is 9.06. The fourth-order valence-electron chi connectivity index (χ4n) is 2.26. The van der Waals surface area contributed by atoms with Gasteiger partial charge in [-0.25, -0.2) is 4.79 Å². The third kappa shape index (κ3) is 1.76. The van der Waals surface area contributed by atoms with Crippen molar-refractivity contribution in [2.75, 3.05) is 0 Å². The summed E-state index contributed by atoms with van der Waals surface area (Å²) in [5.41, 5.74) is 2.70. The van der Waals surface area contributed by atoms with Crippen LogP contribution in [0.1, 0.15) is 10.5 Å². The van der Waals surface area contributed by atoms with E-state index in [0.717, 1.165) is 22.2 Å². The summed E-state index contributed by atoms with van der Waals surface area (Å²) in [6.07, 6.45) is 1.90. The molecule has 0 saturated heterocycles. The van der Waals surface area contributed by atoms with E-state index in [4.69, 9.17) is 5.11 Å². The summed E-state index contributed by atoms with van der Waals surface area (Å²) in [5.74, 6) is -0.776. The number of aromatic carboxylic acids is 1. The number of H-pyrrole nitrogens is 1. The lowest BCUT2D eigenvalue weighted by atomic mass is 10.1. The first kappa shape index (κ1) is 11.4. The second-order valence-corrected chi connectivity index (χ2v) is 4.45. The van der Waals surface area contributed by atoms with E-state index < -0.39 is 5.97 Å². The summed E-state index contributed by atoms with van der Waals surface area (Å²) in [4.78, 5) is 13.8. The zero-order valence-electron chi connectivity index (χ0n) is 10.2. The number of aromatic amines is 1. The molecule has 0 atom stereocenters. The molecule has 5 heteroatoms. The molecule has 3 aromatic rings. The van der Waals surface area contributed by atoms with Crippen molar-refractivity contribution in [2.45, 2.75) is 0 Å². The van der Waals surface area contributed by atoms with E-state index in [2.05, 4.69) is 4.98 Å². The number of hydrogen-bond acceptors (Lipinski definition) is 2. The number of aryl methyl sites for hydroxylation is 1. The minimum atomic E-state index is -0.982. The summed E-state index contributed by atoms with van der Waals surface area (Å²) in [6.45, 7) is 0. The third-order valence-electron chi connectivity index (χ3n) is 3.18. The molecular weight excluding hydrogens is 244 g/mol. The van der Waals surface area contributed by atoms with Crippen LogP contribution in [0.2, 0.25) is 0 Å². The third-order valence-corrected chi connectivity index (χ3v) is 3.18. The van der Waals surface area contributed by atoms with Crippen LogP contribution >= 0.6 is 0 Å². The number of carboxylic acid groups (broad SMARTS) is 1. The van der Waals surface area contributed by atoms with E-state index in [0.29, 0.717) is 0 Å². The van der Waals surface area contributed by atoms with Gasteiger partial charge >= 0.3 is 5.97 Å². The monoisotopic (exact) mass is 256 g/mol. The Morgan fingerprint density at radius 1 is 1.26 bits per heavy atom. The first-order valence-electron chi connectivity index (χ1n) is 5.77. The maximum atomic E-state index is 10.9. The molecule has 1 aromatic carbocycles. The fourth-order valence-corrected chi connectivity index (χ4v) is 2.26. The highest BCUT2D eigenvalue weighted by molar-refractivity contribution is 5.97. The highest BCUT2D eigenvalue weighted by Gasteiger charge is 2.12. The average Bonchev–Trinajstić information content (AvgIpc) is 2.95. The van der Waals surface area contributed by atoms with Crippen molar-refractivity contribution < 1.29 is 15.0 Å². The molecule has 96 valence electrons. The Balaban J connectivity index is 2.22. The number of benzene rings is 1. The lowest BCUT2D eigenvalue weighted by molar-refractivity contribution is 0.0691. The average molecular weight is 256 g/mol. The van der Waals surface area contributed by atoms with Crippen LogP contribution in [-0.4, -0.2) is 25.7 Å². The molecule has 5 nitrogen and oxygen atoms in total. The topological polar surface area (TPSA) is 78.2 Å². The molecule has 0 bridgehead atoms. The van der Waals surface area contributed by atoms with E-state index in [1.807, 2.05) is 23.9 Å². The van der Waals surface area contributed by atoms with Gasteiger partial charge in [-0.15, -0.1) is 0 Å². The maximum Gasteiger partial charge on any atom is 0.352 e. The quantitative estimate of drug-likeness (QED) is 0.659. The number of nitrogens with zero attached hydrogens (tertiary/aromatic N) is 1. The Hall–Kier alpha value is -2.69. The molecule has 0 fully saturated rings. The first-order valence-corrected chi connectivity index (χ1v) is 5.77. The van der Waals surface area contributed by atoms with E-state index in [1.54, 1.807) is 18.2 Å². The standard InChI is InChI=1S/C14H12N2O3/c1-16-7-10(9-3-2-8(17)6-13(9)16)11-4-5-12(15-11)14(18)19/h2-7,15,17H,1H3,(H,18,19). The summed E-state index contributed by atoms with van der Waals surface area (Å²) in [7, 11) is 1.88. The van der Waals surface area contributed by atoms with Gasteiger partial charge in [0, 0.05) is 36.0 Å². The summed E-state index contributed by atoms with van der Waals surface area (Å²) >= 11 is 0. The predicted molar refractivity (Wildman–Crippen MR) is 71.3 cm³/mol. The van der Waals surface area contributed by atoms with Crippen LogP contribution in [-0.2, 0) is 7.05 Å². The lowest BCUT2D eigenvalue weighted by Gasteiger charge is -1.97. The molecule has 0 aliphatic heterocycles. The molecule has 0 radical (unpaired) electrons. The van der Waals surface area contributed by atoms with Crippen molar-refractivity contribution >= 4 is 16.9 Å². The number of nitrogens with one attached hydrogen (secondary N) is 1. The van der Waals surface area contributed by atoms with Crippen LogP contribution in [0, 0.1) is 0 Å². The molecule has 3 N–H and O–H groups in total. The van der Waals surface area contributed by atoms with Gasteiger partial charge in [0.15, 0.2) is 0 Å². The van der Waals surface area contributed by atoms with Crippen molar-refractivity contribution in [1.82, 2.24) is 9.55 Å². The van der Waals surface area contributed by atoms with Crippen molar-refractivity contribution in [3.05, 3.63) is 42.2 Å². The molecular formula is C14H12N2O3. The van der Waals surface area contributed by atoms with E-state index in [-0.39, 0.29) is 11.4 Å². The van der Waals surface area contributed by atoms with E-state index in [1.165, 1.54) is 6.07 Å². The molecule has 2 aromatic heterocycles. The highest BCUT2D eigenvalue weighted by Crippen LogP contribution is 2.31. The SMILES string of the molecule is Cn1cc(-c2ccc(C(=O)O)[nH]2)c2ccc(O)cc21. The second-order valence-electron chi connectivity index (χ2n) is 4.45. The number of phenols is 1. The van der Waals surface area contributed by atoms with Gasteiger partial charge in [-0.05, 0) is 24.3 Å². The summed E-state index contributed by atoms with van der Waals surface area (Å²) < 4.78 is 1.89. The lowest BCUT2D eigenvalue weighted by Crippen LogP contribution is -1.95. The largest absolute Gasteiger partial charge is 0.508 e. The van der Waals surface area contributed by atoms with Gasteiger partial charge in [-0.3, -0.25) is 0 Å². The zero-order valence-corrected chi connectivity index (χ0v) is 10.2. The van der Waals surface area contributed by atoms with Crippen LogP contribution in [0.15, 0.2) is 36.5 Å². The maximum absolute atomic E-state index is 10.9. The van der Waals surface area contributed by atoms with E-state index in [9.17, 15) is 9.90 Å².